The van der Waals surface area contributed by atoms with Crippen molar-refractivity contribution >= 4 is 20.7 Å². The largest absolute Gasteiger partial charge is 0.313 e. The number of hydrogen-bond donors (Lipinski definition) is 0. The van der Waals surface area contributed by atoms with Crippen molar-refractivity contribution < 1.29 is 8.42 Å². The van der Waals surface area contributed by atoms with Gasteiger partial charge in [0, 0.05) is 36.1 Å². The van der Waals surface area contributed by atoms with E-state index in [1.807, 2.05) is 65.2 Å². The average molecular weight is 419 g/mol. The Morgan fingerprint density at radius 2 is 1.57 bits per heavy atom. The van der Waals surface area contributed by atoms with E-state index in [9.17, 15) is 13.2 Å². The van der Waals surface area contributed by atoms with Gasteiger partial charge in [0.2, 0.25) is 0 Å². The lowest BCUT2D eigenvalue weighted by Gasteiger charge is -2.18. The van der Waals surface area contributed by atoms with Gasteiger partial charge in [-0.3, -0.25) is 4.79 Å². The van der Waals surface area contributed by atoms with Gasteiger partial charge in [0.15, 0.2) is 20.3 Å². The van der Waals surface area contributed by atoms with Crippen LogP contribution in [0.5, 0.6) is 0 Å². The Balaban J connectivity index is 2.05. The molecule has 0 aliphatic heterocycles. The molecule has 0 N–H and O–H groups in total. The van der Waals surface area contributed by atoms with Gasteiger partial charge in [-0.05, 0) is 31.5 Å². The third-order valence-electron chi connectivity index (χ3n) is 5.10. The van der Waals surface area contributed by atoms with Crippen LogP contribution in [-0.2, 0) is 16.3 Å². The fourth-order valence-electron chi connectivity index (χ4n) is 3.46. The van der Waals surface area contributed by atoms with Crippen LogP contribution in [0.4, 0.5) is 0 Å². The maximum Gasteiger partial charge on any atom is 0.197 e. The summed E-state index contributed by atoms with van der Waals surface area (Å²) in [5, 5.41) is -0.240. The number of benzene rings is 2. The predicted octanol–water partition coefficient (Wildman–Crippen LogP) is 4.16. The third-order valence-corrected chi connectivity index (χ3v) is 7.15. The van der Waals surface area contributed by atoms with Gasteiger partial charge in [-0.1, -0.05) is 48.5 Å². The first-order valence-electron chi connectivity index (χ1n) is 9.76. The molecule has 5 nitrogen and oxygen atoms in total. The molecule has 0 bridgehead atoms. The second-order valence-corrected chi connectivity index (χ2v) is 9.92. The van der Waals surface area contributed by atoms with Gasteiger partial charge in [0.05, 0.1) is 16.2 Å². The summed E-state index contributed by atoms with van der Waals surface area (Å²) in [6.07, 6.45) is 1.91. The molecule has 0 radical (unpaired) electrons. The van der Waals surface area contributed by atoms with Crippen molar-refractivity contribution in [3.8, 4) is 5.69 Å². The summed E-state index contributed by atoms with van der Waals surface area (Å²) < 4.78 is 27.4. The van der Waals surface area contributed by atoms with E-state index in [0.29, 0.717) is 17.3 Å². The van der Waals surface area contributed by atoms with Crippen LogP contribution in [0.15, 0.2) is 88.8 Å². The highest BCUT2D eigenvalue weighted by molar-refractivity contribution is 7.91. The minimum absolute atomic E-state index is 0.0223. The number of rotatable bonds is 5. The minimum Gasteiger partial charge on any atom is -0.313 e. The van der Waals surface area contributed by atoms with Crippen molar-refractivity contribution in [3.05, 3.63) is 100 Å². The lowest BCUT2D eigenvalue weighted by molar-refractivity contribution is 0.583. The second kappa shape index (κ2) is 7.88. The number of fused-ring (bicyclic) bond motifs is 1. The van der Waals surface area contributed by atoms with Crippen LogP contribution in [0.25, 0.3) is 16.6 Å². The number of hydrogen-bond acceptors (Lipinski definition) is 4. The van der Waals surface area contributed by atoms with E-state index in [2.05, 4.69) is 4.98 Å². The molecule has 0 fully saturated rings. The summed E-state index contributed by atoms with van der Waals surface area (Å²) in [5.74, 6) is 0. The van der Waals surface area contributed by atoms with E-state index in [4.69, 9.17) is 0 Å². The topological polar surface area (TPSA) is 69.0 Å². The Labute approximate surface area is 175 Å². The molecular formula is C24H22N2O3S. The van der Waals surface area contributed by atoms with Crippen LogP contribution in [-0.4, -0.2) is 23.2 Å². The zero-order valence-corrected chi connectivity index (χ0v) is 17.6. The van der Waals surface area contributed by atoms with Gasteiger partial charge in [0.1, 0.15) is 0 Å². The number of para-hydroxylation sites is 1. The summed E-state index contributed by atoms with van der Waals surface area (Å²) in [6, 6.07) is 22.6. The Kier molecular flexibility index (Phi) is 5.26. The van der Waals surface area contributed by atoms with E-state index in [0.717, 1.165) is 16.9 Å². The smallest absolute Gasteiger partial charge is 0.197 e. The summed E-state index contributed by atoms with van der Waals surface area (Å²) >= 11 is 0. The SMILES string of the molecule is CC(C)S(=O)(=O)c1cc2c(cn1)c(=O)cc(Cc1ccccc1)n2-c1ccccc1. The van der Waals surface area contributed by atoms with Crippen LogP contribution in [0.3, 0.4) is 0 Å². The third kappa shape index (κ3) is 3.66. The normalized spacial score (nSPS) is 11.8. The highest BCUT2D eigenvalue weighted by atomic mass is 32.2. The molecule has 0 atom stereocenters. The molecule has 4 aromatic rings. The first kappa shape index (κ1) is 20.0. The molecule has 0 saturated carbocycles. The van der Waals surface area contributed by atoms with Crippen LogP contribution in [0, 0.1) is 0 Å². The zero-order valence-electron chi connectivity index (χ0n) is 16.8. The highest BCUT2D eigenvalue weighted by Gasteiger charge is 2.22. The van der Waals surface area contributed by atoms with E-state index < -0.39 is 15.1 Å². The fraction of sp³-hybridized carbons (Fsp3) is 0.167. The van der Waals surface area contributed by atoms with Crippen molar-refractivity contribution in [2.75, 3.05) is 0 Å². The van der Waals surface area contributed by atoms with Crippen molar-refractivity contribution in [2.24, 2.45) is 0 Å². The Morgan fingerprint density at radius 1 is 0.933 bits per heavy atom. The second-order valence-electron chi connectivity index (χ2n) is 7.47. The summed E-state index contributed by atoms with van der Waals surface area (Å²) in [4.78, 5) is 17.0. The fourth-order valence-corrected chi connectivity index (χ4v) is 4.42. The van der Waals surface area contributed by atoms with Gasteiger partial charge in [-0.2, -0.15) is 0 Å². The van der Waals surface area contributed by atoms with Gasteiger partial charge >= 0.3 is 0 Å². The molecule has 4 rings (SSSR count). The molecule has 0 spiro atoms. The monoisotopic (exact) mass is 418 g/mol. The number of nitrogens with zero attached hydrogens (tertiary/aromatic N) is 2. The molecule has 0 saturated heterocycles. The molecule has 152 valence electrons. The van der Waals surface area contributed by atoms with Crippen LogP contribution >= 0.6 is 0 Å². The first-order chi connectivity index (χ1) is 14.4. The van der Waals surface area contributed by atoms with Crippen molar-refractivity contribution in [3.63, 3.8) is 0 Å². The van der Waals surface area contributed by atoms with E-state index in [-0.39, 0.29) is 10.5 Å². The zero-order chi connectivity index (χ0) is 21.3. The number of pyridine rings is 2. The Morgan fingerprint density at radius 3 is 2.20 bits per heavy atom. The Hall–Kier alpha value is -3.25. The molecule has 2 aromatic heterocycles. The van der Waals surface area contributed by atoms with Gasteiger partial charge in [-0.15, -0.1) is 0 Å². The Bertz CT molecular complexity index is 1360. The highest BCUT2D eigenvalue weighted by Crippen LogP contribution is 2.24. The van der Waals surface area contributed by atoms with Crippen LogP contribution in [0.2, 0.25) is 0 Å². The predicted molar refractivity (Wildman–Crippen MR) is 119 cm³/mol. The molecule has 0 aliphatic carbocycles. The molecule has 30 heavy (non-hydrogen) atoms. The summed E-state index contributed by atoms with van der Waals surface area (Å²) in [7, 11) is -3.58. The van der Waals surface area contributed by atoms with Gasteiger partial charge < -0.3 is 4.57 Å². The quantitative estimate of drug-likeness (QED) is 0.488. The lowest BCUT2D eigenvalue weighted by atomic mass is 10.1. The average Bonchev–Trinajstić information content (AvgIpc) is 2.75. The van der Waals surface area contributed by atoms with Gasteiger partial charge in [0.25, 0.3) is 0 Å². The van der Waals surface area contributed by atoms with Crippen molar-refractivity contribution in [2.45, 2.75) is 30.5 Å². The van der Waals surface area contributed by atoms with Gasteiger partial charge in [-0.25, -0.2) is 13.4 Å². The standard InChI is InChI=1S/C24H22N2O3S/c1-17(2)30(28,29)24-15-22-21(16-25-24)23(27)14-20(13-18-9-5-3-6-10-18)26(22)19-11-7-4-8-12-19/h3-12,14-17H,13H2,1-2H3. The molecule has 2 aromatic carbocycles. The lowest BCUT2D eigenvalue weighted by Crippen LogP contribution is -2.18. The number of aromatic nitrogens is 2. The van der Waals surface area contributed by atoms with E-state index >= 15 is 0 Å². The summed E-state index contributed by atoms with van der Waals surface area (Å²) in [5.41, 5.74) is 3.06. The number of sulfone groups is 1. The maximum absolute atomic E-state index is 12.9. The maximum atomic E-state index is 12.9. The first-order valence-corrected chi connectivity index (χ1v) is 11.3. The van der Waals surface area contributed by atoms with E-state index in [1.54, 1.807) is 19.9 Å². The van der Waals surface area contributed by atoms with E-state index in [1.165, 1.54) is 12.3 Å². The summed E-state index contributed by atoms with van der Waals surface area (Å²) in [6.45, 7) is 3.24. The van der Waals surface area contributed by atoms with Crippen molar-refractivity contribution in [1.29, 1.82) is 0 Å². The van der Waals surface area contributed by atoms with Crippen LogP contribution in [0.1, 0.15) is 25.1 Å². The van der Waals surface area contributed by atoms with Crippen LogP contribution < -0.4 is 5.43 Å². The molecule has 0 aliphatic rings. The molecule has 6 heteroatoms. The molecule has 0 amide bonds. The molecular weight excluding hydrogens is 396 g/mol. The molecule has 0 unspecified atom stereocenters. The van der Waals surface area contributed by atoms with Crippen molar-refractivity contribution in [1.82, 2.24) is 9.55 Å². The molecule has 2 heterocycles. The minimum atomic E-state index is -3.58.